The monoisotopic (exact) mass is 380 g/mol. The second-order valence-corrected chi connectivity index (χ2v) is 8.05. The summed E-state index contributed by atoms with van der Waals surface area (Å²) in [5.74, 6) is 0.188. The predicted molar refractivity (Wildman–Crippen MR) is 108 cm³/mol. The number of ether oxygens (including phenoxy) is 1. The van der Waals surface area contributed by atoms with E-state index in [1.165, 1.54) is 5.56 Å². The molecule has 5 heteroatoms. The molecule has 0 spiro atoms. The van der Waals surface area contributed by atoms with Crippen LogP contribution in [0.3, 0.4) is 0 Å². The Morgan fingerprint density at radius 2 is 1.79 bits per heavy atom. The maximum absolute atomic E-state index is 13.5. The number of aromatic nitrogens is 1. The molecular weight excluding hydrogens is 352 g/mol. The van der Waals surface area contributed by atoms with Gasteiger partial charge in [-0.1, -0.05) is 24.3 Å². The third kappa shape index (κ3) is 4.10. The van der Waals surface area contributed by atoms with Crippen LogP contribution in [-0.4, -0.2) is 53.3 Å². The number of amides is 1. The predicted octanol–water partition coefficient (Wildman–Crippen LogP) is 3.07. The summed E-state index contributed by atoms with van der Waals surface area (Å²) in [7, 11) is 0. The SMILES string of the molecule is O=C(N1CCC[C@H](O)C1)C1(Cc2ccc(-c3ccncc3)cc2)CCOCC1. The van der Waals surface area contributed by atoms with Crippen LogP contribution < -0.4 is 0 Å². The largest absolute Gasteiger partial charge is 0.391 e. The van der Waals surface area contributed by atoms with E-state index in [-0.39, 0.29) is 5.91 Å². The first-order valence-corrected chi connectivity index (χ1v) is 10.2. The summed E-state index contributed by atoms with van der Waals surface area (Å²) in [5, 5.41) is 10.0. The Labute approximate surface area is 166 Å². The molecule has 0 bridgehead atoms. The van der Waals surface area contributed by atoms with Crippen LogP contribution in [0.4, 0.5) is 0 Å². The van der Waals surface area contributed by atoms with Gasteiger partial charge in [-0.05, 0) is 60.9 Å². The maximum Gasteiger partial charge on any atom is 0.229 e. The molecule has 2 fully saturated rings. The fraction of sp³-hybridized carbons (Fsp3) is 0.478. The summed E-state index contributed by atoms with van der Waals surface area (Å²) < 4.78 is 5.57. The molecular formula is C23H28N2O3. The molecule has 2 aliphatic rings. The number of hydrogen-bond donors (Lipinski definition) is 1. The van der Waals surface area contributed by atoms with Gasteiger partial charge in [0.1, 0.15) is 0 Å². The summed E-state index contributed by atoms with van der Waals surface area (Å²) in [6.45, 7) is 2.45. The first-order valence-electron chi connectivity index (χ1n) is 10.2. The van der Waals surface area contributed by atoms with Gasteiger partial charge in [0.05, 0.1) is 11.5 Å². The number of carbonyl (C=O) groups is 1. The van der Waals surface area contributed by atoms with E-state index in [4.69, 9.17) is 4.74 Å². The number of pyridine rings is 1. The number of aliphatic hydroxyl groups excluding tert-OH is 1. The average molecular weight is 380 g/mol. The highest BCUT2D eigenvalue weighted by Gasteiger charge is 2.43. The molecule has 0 aliphatic carbocycles. The number of nitrogens with zero attached hydrogens (tertiary/aromatic N) is 2. The van der Waals surface area contributed by atoms with Crippen LogP contribution in [-0.2, 0) is 16.0 Å². The molecule has 2 aromatic rings. The van der Waals surface area contributed by atoms with Gasteiger partial charge in [0, 0.05) is 38.7 Å². The molecule has 5 nitrogen and oxygen atoms in total. The number of β-amino-alcohol motifs (C(OH)–C–C–N with tert-alkyl or cyclic N) is 1. The van der Waals surface area contributed by atoms with Crippen molar-refractivity contribution in [2.45, 2.75) is 38.2 Å². The lowest BCUT2D eigenvalue weighted by atomic mass is 9.73. The molecule has 1 atom stereocenters. The molecule has 1 aromatic carbocycles. The summed E-state index contributed by atoms with van der Waals surface area (Å²) in [6.07, 6.45) is 7.07. The van der Waals surface area contributed by atoms with Crippen LogP contribution in [0, 0.1) is 5.41 Å². The van der Waals surface area contributed by atoms with Crippen molar-refractivity contribution in [2.24, 2.45) is 5.41 Å². The van der Waals surface area contributed by atoms with Gasteiger partial charge in [-0.2, -0.15) is 0 Å². The third-order valence-corrected chi connectivity index (χ3v) is 6.10. The van der Waals surface area contributed by atoms with Crippen LogP contribution >= 0.6 is 0 Å². The second-order valence-electron chi connectivity index (χ2n) is 8.05. The molecule has 148 valence electrons. The standard InChI is InChI=1S/C23H28N2O3/c26-21-2-1-13-25(17-21)22(27)23(9-14-28-15-10-23)16-18-3-5-19(6-4-18)20-7-11-24-12-8-20/h3-8,11-12,21,26H,1-2,9-10,13-17H2/t21-/m0/s1. The Morgan fingerprint density at radius 1 is 1.11 bits per heavy atom. The number of hydrogen-bond acceptors (Lipinski definition) is 4. The number of likely N-dealkylation sites (tertiary alicyclic amines) is 1. The summed E-state index contributed by atoms with van der Waals surface area (Å²) in [5.41, 5.74) is 3.04. The molecule has 1 N–H and O–H groups in total. The lowest BCUT2D eigenvalue weighted by Crippen LogP contribution is -2.52. The van der Waals surface area contributed by atoms with Crippen molar-refractivity contribution < 1.29 is 14.6 Å². The quantitative estimate of drug-likeness (QED) is 0.885. The molecule has 4 rings (SSSR count). The van der Waals surface area contributed by atoms with Crippen molar-refractivity contribution in [1.82, 2.24) is 9.88 Å². The van der Waals surface area contributed by atoms with Gasteiger partial charge in [-0.15, -0.1) is 0 Å². The highest BCUT2D eigenvalue weighted by Crippen LogP contribution is 2.37. The van der Waals surface area contributed by atoms with Crippen molar-refractivity contribution in [3.05, 3.63) is 54.4 Å². The molecule has 0 saturated carbocycles. The van der Waals surface area contributed by atoms with Crippen LogP contribution in [0.15, 0.2) is 48.8 Å². The number of piperidine rings is 1. The van der Waals surface area contributed by atoms with Crippen molar-refractivity contribution in [3.8, 4) is 11.1 Å². The van der Waals surface area contributed by atoms with Crippen LogP contribution in [0.1, 0.15) is 31.2 Å². The molecule has 3 heterocycles. The molecule has 2 saturated heterocycles. The number of carbonyl (C=O) groups excluding carboxylic acids is 1. The topological polar surface area (TPSA) is 62.7 Å². The minimum atomic E-state index is -0.423. The van der Waals surface area contributed by atoms with Crippen LogP contribution in [0.25, 0.3) is 11.1 Å². The van der Waals surface area contributed by atoms with Gasteiger partial charge < -0.3 is 14.7 Å². The molecule has 0 unspecified atom stereocenters. The summed E-state index contributed by atoms with van der Waals surface area (Å²) >= 11 is 0. The van der Waals surface area contributed by atoms with Gasteiger partial charge in [0.25, 0.3) is 0 Å². The van der Waals surface area contributed by atoms with E-state index in [9.17, 15) is 9.90 Å². The van der Waals surface area contributed by atoms with E-state index < -0.39 is 11.5 Å². The Bertz CT molecular complexity index is 785. The normalized spacial score (nSPS) is 22.0. The highest BCUT2D eigenvalue weighted by atomic mass is 16.5. The average Bonchev–Trinajstić information content (AvgIpc) is 2.75. The van der Waals surface area contributed by atoms with E-state index in [1.54, 1.807) is 12.4 Å². The van der Waals surface area contributed by atoms with Gasteiger partial charge in [-0.25, -0.2) is 0 Å². The number of aliphatic hydroxyl groups is 1. The lowest BCUT2D eigenvalue weighted by Gasteiger charge is -2.42. The molecule has 1 aromatic heterocycles. The Morgan fingerprint density at radius 3 is 2.46 bits per heavy atom. The van der Waals surface area contributed by atoms with Crippen molar-refractivity contribution >= 4 is 5.91 Å². The zero-order valence-corrected chi connectivity index (χ0v) is 16.2. The van der Waals surface area contributed by atoms with Gasteiger partial charge in [0.2, 0.25) is 5.91 Å². The maximum atomic E-state index is 13.5. The zero-order valence-electron chi connectivity index (χ0n) is 16.2. The van der Waals surface area contributed by atoms with Crippen LogP contribution in [0.2, 0.25) is 0 Å². The molecule has 0 radical (unpaired) electrons. The van der Waals surface area contributed by atoms with E-state index in [0.717, 1.165) is 49.8 Å². The molecule has 2 aliphatic heterocycles. The summed E-state index contributed by atoms with van der Waals surface area (Å²) in [4.78, 5) is 19.4. The van der Waals surface area contributed by atoms with E-state index in [1.807, 2.05) is 17.0 Å². The Balaban J connectivity index is 1.54. The fourth-order valence-corrected chi connectivity index (χ4v) is 4.45. The summed E-state index contributed by atoms with van der Waals surface area (Å²) in [6, 6.07) is 12.5. The zero-order chi connectivity index (χ0) is 19.4. The molecule has 28 heavy (non-hydrogen) atoms. The van der Waals surface area contributed by atoms with Crippen molar-refractivity contribution in [1.29, 1.82) is 0 Å². The highest BCUT2D eigenvalue weighted by molar-refractivity contribution is 5.83. The van der Waals surface area contributed by atoms with Gasteiger partial charge >= 0.3 is 0 Å². The van der Waals surface area contributed by atoms with Crippen molar-refractivity contribution in [3.63, 3.8) is 0 Å². The fourth-order valence-electron chi connectivity index (χ4n) is 4.45. The Kier molecular flexibility index (Phi) is 5.74. The second kappa shape index (κ2) is 8.41. The minimum Gasteiger partial charge on any atom is -0.391 e. The van der Waals surface area contributed by atoms with Crippen LogP contribution in [0.5, 0.6) is 0 Å². The number of rotatable bonds is 4. The lowest BCUT2D eigenvalue weighted by molar-refractivity contribution is -0.151. The smallest absolute Gasteiger partial charge is 0.229 e. The Hall–Kier alpha value is -2.24. The van der Waals surface area contributed by atoms with Gasteiger partial charge in [0.15, 0.2) is 0 Å². The van der Waals surface area contributed by atoms with E-state index in [0.29, 0.717) is 19.8 Å². The molecule has 1 amide bonds. The minimum absolute atomic E-state index is 0.188. The first-order chi connectivity index (χ1) is 13.7. The third-order valence-electron chi connectivity index (χ3n) is 6.10. The first kappa shape index (κ1) is 19.1. The van der Waals surface area contributed by atoms with E-state index >= 15 is 0 Å². The van der Waals surface area contributed by atoms with Gasteiger partial charge in [-0.3, -0.25) is 9.78 Å². The van der Waals surface area contributed by atoms with E-state index in [2.05, 4.69) is 29.2 Å². The van der Waals surface area contributed by atoms with Crippen molar-refractivity contribution in [2.75, 3.05) is 26.3 Å². The number of benzene rings is 1.